The third-order valence-electron chi connectivity index (χ3n) is 8.75. The van der Waals surface area contributed by atoms with E-state index in [0.717, 1.165) is 60.9 Å². The van der Waals surface area contributed by atoms with Gasteiger partial charge in [-0.05, 0) is 48.8 Å². The van der Waals surface area contributed by atoms with Crippen LogP contribution in [0.15, 0.2) is 48.0 Å². The van der Waals surface area contributed by atoms with Crippen LogP contribution in [0.1, 0.15) is 57.8 Å². The molecule has 1 aromatic carbocycles. The Labute approximate surface area is 238 Å². The van der Waals surface area contributed by atoms with Crippen molar-refractivity contribution in [1.29, 1.82) is 0 Å². The van der Waals surface area contributed by atoms with Crippen LogP contribution in [0.4, 0.5) is 10.9 Å². The molecule has 3 aromatic rings. The molecule has 0 radical (unpaired) electrons. The fourth-order valence-electron chi connectivity index (χ4n) is 6.46. The van der Waals surface area contributed by atoms with Gasteiger partial charge in [-0.2, -0.15) is 0 Å². The number of carbonyl (C=O) groups is 3. The molecule has 2 atom stereocenters. The first-order chi connectivity index (χ1) is 19.5. The quantitative estimate of drug-likeness (QED) is 0.380. The molecule has 2 saturated heterocycles. The van der Waals surface area contributed by atoms with Gasteiger partial charge >= 0.3 is 5.97 Å². The summed E-state index contributed by atoms with van der Waals surface area (Å²) in [4.78, 5) is 50.8. The molecule has 9 heteroatoms. The Morgan fingerprint density at radius 2 is 1.75 bits per heavy atom. The SMILES string of the molecule is O=C(O)CC1C(=O)N(c2nc(-c3ccccc3-c3ccc(N4CCCC4=O)nc3)cs2)CCCCC1C1CCC1. The summed E-state index contributed by atoms with van der Waals surface area (Å²) in [6, 6.07) is 11.9. The molecule has 1 aliphatic carbocycles. The van der Waals surface area contributed by atoms with Gasteiger partial charge in [0.1, 0.15) is 5.82 Å². The van der Waals surface area contributed by atoms with E-state index in [1.165, 1.54) is 17.8 Å². The zero-order chi connectivity index (χ0) is 27.6. The lowest BCUT2D eigenvalue weighted by Crippen LogP contribution is -2.45. The van der Waals surface area contributed by atoms with Crippen LogP contribution >= 0.6 is 11.3 Å². The zero-order valence-electron chi connectivity index (χ0n) is 22.5. The molecule has 3 aliphatic rings. The first-order valence-corrected chi connectivity index (χ1v) is 15.2. The van der Waals surface area contributed by atoms with Gasteiger partial charge in [0, 0.05) is 42.2 Å². The number of amides is 2. The molecule has 4 heterocycles. The average molecular weight is 559 g/mol. The second-order valence-corrected chi connectivity index (χ2v) is 12.0. The number of hydrogen-bond donors (Lipinski definition) is 1. The van der Waals surface area contributed by atoms with Gasteiger partial charge in [-0.3, -0.25) is 24.2 Å². The van der Waals surface area contributed by atoms with Gasteiger partial charge < -0.3 is 5.11 Å². The van der Waals surface area contributed by atoms with Gasteiger partial charge in [0.25, 0.3) is 0 Å². The molecule has 0 spiro atoms. The molecule has 1 N–H and O–H groups in total. The van der Waals surface area contributed by atoms with Crippen LogP contribution in [-0.2, 0) is 14.4 Å². The lowest BCUT2D eigenvalue weighted by Gasteiger charge is -2.40. The van der Waals surface area contributed by atoms with Crippen LogP contribution in [0.3, 0.4) is 0 Å². The van der Waals surface area contributed by atoms with E-state index in [1.807, 2.05) is 41.8 Å². The van der Waals surface area contributed by atoms with E-state index in [0.29, 0.717) is 36.4 Å². The van der Waals surface area contributed by atoms with Crippen LogP contribution < -0.4 is 9.80 Å². The van der Waals surface area contributed by atoms with Gasteiger partial charge in [0.05, 0.1) is 18.0 Å². The van der Waals surface area contributed by atoms with Crippen LogP contribution in [0.5, 0.6) is 0 Å². The molecule has 2 aliphatic heterocycles. The predicted octanol–water partition coefficient (Wildman–Crippen LogP) is 6.02. The average Bonchev–Trinajstić information content (AvgIpc) is 3.58. The van der Waals surface area contributed by atoms with Crippen molar-refractivity contribution < 1.29 is 19.5 Å². The maximum Gasteiger partial charge on any atom is 0.304 e. The number of carbonyl (C=O) groups excluding carboxylic acids is 2. The Balaban J connectivity index is 1.27. The molecule has 40 heavy (non-hydrogen) atoms. The summed E-state index contributed by atoms with van der Waals surface area (Å²) < 4.78 is 0. The number of aliphatic carboxylic acids is 1. The normalized spacial score (nSPS) is 22.2. The number of pyridine rings is 1. The molecule has 2 unspecified atom stereocenters. The molecule has 2 aromatic heterocycles. The summed E-state index contributed by atoms with van der Waals surface area (Å²) in [6.07, 6.45) is 9.26. The van der Waals surface area contributed by atoms with E-state index in [1.54, 1.807) is 16.0 Å². The van der Waals surface area contributed by atoms with Crippen molar-refractivity contribution in [2.75, 3.05) is 22.9 Å². The Morgan fingerprint density at radius 1 is 0.950 bits per heavy atom. The number of nitrogens with zero attached hydrogens (tertiary/aromatic N) is 4. The monoisotopic (exact) mass is 558 g/mol. The summed E-state index contributed by atoms with van der Waals surface area (Å²) in [7, 11) is 0. The number of aromatic nitrogens is 2. The molecule has 6 rings (SSSR count). The van der Waals surface area contributed by atoms with Crippen molar-refractivity contribution in [2.24, 2.45) is 17.8 Å². The lowest BCUT2D eigenvalue weighted by atomic mass is 9.67. The maximum absolute atomic E-state index is 13.9. The van der Waals surface area contributed by atoms with Gasteiger partial charge in [-0.15, -0.1) is 11.3 Å². The van der Waals surface area contributed by atoms with E-state index >= 15 is 0 Å². The fourth-order valence-corrected chi connectivity index (χ4v) is 7.32. The number of hydrogen-bond acceptors (Lipinski definition) is 6. The highest BCUT2D eigenvalue weighted by Gasteiger charge is 2.41. The molecule has 208 valence electrons. The Hall–Kier alpha value is -3.59. The van der Waals surface area contributed by atoms with Crippen LogP contribution in [0.25, 0.3) is 22.4 Å². The number of carboxylic acids is 1. The standard InChI is InChI=1S/C31H34N4O4S/c36-28-12-6-16-34(28)27-14-13-21(18-32-27)23-9-1-2-11-24(23)26-19-40-31(33-26)35-15-4-3-10-22(20-7-5-8-20)25(30(35)39)17-29(37)38/h1-2,9,11,13-14,18-20,22,25H,3-8,10,12,15-17H2,(H,37,38). The van der Waals surface area contributed by atoms with Crippen molar-refractivity contribution >= 4 is 40.1 Å². The lowest BCUT2D eigenvalue weighted by molar-refractivity contribution is -0.142. The maximum atomic E-state index is 13.9. The van der Waals surface area contributed by atoms with Gasteiger partial charge in [-0.1, -0.05) is 49.9 Å². The van der Waals surface area contributed by atoms with Crippen LogP contribution in [0.2, 0.25) is 0 Å². The number of rotatable bonds is 7. The minimum Gasteiger partial charge on any atom is -0.481 e. The van der Waals surface area contributed by atoms with Gasteiger partial charge in [0.2, 0.25) is 11.8 Å². The minimum atomic E-state index is -0.911. The first kappa shape index (κ1) is 26.6. The van der Waals surface area contributed by atoms with Crippen molar-refractivity contribution in [1.82, 2.24) is 9.97 Å². The van der Waals surface area contributed by atoms with E-state index in [2.05, 4.69) is 4.98 Å². The molecular formula is C31H34N4O4S. The second-order valence-electron chi connectivity index (χ2n) is 11.2. The Bertz CT molecular complexity index is 1400. The number of carboxylic acid groups (broad SMARTS) is 1. The molecule has 0 bridgehead atoms. The number of thiazole rings is 1. The van der Waals surface area contributed by atoms with Crippen molar-refractivity contribution in [3.05, 3.63) is 48.0 Å². The van der Waals surface area contributed by atoms with Crippen molar-refractivity contribution in [2.45, 2.75) is 57.8 Å². The van der Waals surface area contributed by atoms with Crippen molar-refractivity contribution in [3.8, 4) is 22.4 Å². The predicted molar refractivity (Wildman–Crippen MR) is 155 cm³/mol. The van der Waals surface area contributed by atoms with Crippen molar-refractivity contribution in [3.63, 3.8) is 0 Å². The highest BCUT2D eigenvalue weighted by molar-refractivity contribution is 7.14. The van der Waals surface area contributed by atoms with E-state index in [4.69, 9.17) is 4.98 Å². The summed E-state index contributed by atoms with van der Waals surface area (Å²) in [5, 5.41) is 12.3. The third kappa shape index (κ3) is 5.27. The van der Waals surface area contributed by atoms with E-state index < -0.39 is 11.9 Å². The largest absolute Gasteiger partial charge is 0.481 e. The number of anilines is 2. The van der Waals surface area contributed by atoms with E-state index in [-0.39, 0.29) is 24.2 Å². The molecule has 8 nitrogen and oxygen atoms in total. The molecular weight excluding hydrogens is 524 g/mol. The summed E-state index contributed by atoms with van der Waals surface area (Å²) in [5.41, 5.74) is 3.60. The number of benzene rings is 1. The summed E-state index contributed by atoms with van der Waals surface area (Å²) >= 11 is 1.43. The fraction of sp³-hybridized carbons (Fsp3) is 0.452. The summed E-state index contributed by atoms with van der Waals surface area (Å²) in [6.45, 7) is 1.26. The minimum absolute atomic E-state index is 0.0931. The highest BCUT2D eigenvalue weighted by atomic mass is 32.1. The Morgan fingerprint density at radius 3 is 2.42 bits per heavy atom. The Kier molecular flexibility index (Phi) is 7.65. The summed E-state index contributed by atoms with van der Waals surface area (Å²) in [5.74, 6) is -0.141. The first-order valence-electron chi connectivity index (χ1n) is 14.3. The molecule has 2 amide bonds. The highest BCUT2D eigenvalue weighted by Crippen LogP contribution is 2.44. The van der Waals surface area contributed by atoms with Crippen LogP contribution in [-0.4, -0.2) is 45.9 Å². The zero-order valence-corrected chi connectivity index (χ0v) is 23.3. The molecule has 3 fully saturated rings. The van der Waals surface area contributed by atoms with E-state index in [9.17, 15) is 19.5 Å². The third-order valence-corrected chi connectivity index (χ3v) is 9.62. The van der Waals surface area contributed by atoms with Crippen LogP contribution in [0, 0.1) is 17.8 Å². The topological polar surface area (TPSA) is 104 Å². The molecule has 1 saturated carbocycles. The second kappa shape index (κ2) is 11.5. The van der Waals surface area contributed by atoms with Gasteiger partial charge in [-0.25, -0.2) is 9.97 Å². The van der Waals surface area contributed by atoms with Gasteiger partial charge in [0.15, 0.2) is 5.13 Å². The smallest absolute Gasteiger partial charge is 0.304 e.